The Kier molecular flexibility index (Phi) is 5.60. The van der Waals surface area contributed by atoms with Crippen molar-refractivity contribution in [2.24, 2.45) is 0 Å². The summed E-state index contributed by atoms with van der Waals surface area (Å²) < 4.78 is 32.3. The van der Waals surface area contributed by atoms with E-state index in [4.69, 9.17) is 25.0 Å². The first-order chi connectivity index (χ1) is 7.60. The number of carbonyl (C=O) groups is 2. The molecule has 0 bridgehead atoms. The van der Waals surface area contributed by atoms with E-state index in [0.717, 1.165) is 0 Å². The number of aldehydes is 1. The number of carbonyl (C=O) groups excluding carboxylic acids is 1. The molecule has 4 atom stereocenters. The molecule has 0 aliphatic carbocycles. The highest BCUT2D eigenvalue weighted by Crippen LogP contribution is 2.09. The topological polar surface area (TPSA) is 179 Å². The lowest BCUT2D eigenvalue weighted by Gasteiger charge is -2.23. The molecule has 11 heteroatoms. The zero-order chi connectivity index (χ0) is 13.8. The van der Waals surface area contributed by atoms with Crippen molar-refractivity contribution in [3.8, 4) is 0 Å². The Hall–Kier alpha value is -1.11. The van der Waals surface area contributed by atoms with Gasteiger partial charge in [0.15, 0.2) is 18.5 Å². The molecule has 0 heterocycles. The van der Waals surface area contributed by atoms with Gasteiger partial charge >= 0.3 is 16.4 Å². The number of aliphatic carboxylic acids is 1. The highest BCUT2D eigenvalue weighted by atomic mass is 32.3. The molecule has 5 N–H and O–H groups in total. The van der Waals surface area contributed by atoms with Crippen LogP contribution < -0.4 is 0 Å². The molecule has 100 valence electrons. The van der Waals surface area contributed by atoms with Crippen LogP contribution in [0.4, 0.5) is 0 Å². The largest absolute Gasteiger partial charge is 0.479 e. The number of carboxylic acid groups (broad SMARTS) is 1. The van der Waals surface area contributed by atoms with Gasteiger partial charge in [-0.3, -0.25) is 4.55 Å². The molecule has 0 saturated heterocycles. The van der Waals surface area contributed by atoms with E-state index in [1.807, 2.05) is 0 Å². The number of rotatable bonds is 7. The minimum atomic E-state index is -5.09. The smallest absolute Gasteiger partial charge is 0.398 e. The fourth-order valence-corrected chi connectivity index (χ4v) is 1.27. The van der Waals surface area contributed by atoms with Gasteiger partial charge in [0.2, 0.25) is 0 Å². The molecule has 0 aromatic heterocycles. The second-order valence-electron chi connectivity index (χ2n) is 2.89. The van der Waals surface area contributed by atoms with E-state index in [-0.39, 0.29) is 6.29 Å². The Morgan fingerprint density at radius 3 is 1.94 bits per heavy atom. The summed E-state index contributed by atoms with van der Waals surface area (Å²) in [6.07, 6.45) is -9.76. The van der Waals surface area contributed by atoms with Crippen molar-refractivity contribution in [2.75, 3.05) is 0 Å². The molecule has 0 fully saturated rings. The Morgan fingerprint density at radius 1 is 1.18 bits per heavy atom. The number of aliphatic hydroxyl groups is 3. The van der Waals surface area contributed by atoms with E-state index in [9.17, 15) is 18.0 Å². The van der Waals surface area contributed by atoms with Crippen LogP contribution in [0.2, 0.25) is 0 Å². The van der Waals surface area contributed by atoms with Gasteiger partial charge in [-0.15, -0.1) is 0 Å². The summed E-state index contributed by atoms with van der Waals surface area (Å²) in [4.78, 5) is 20.5. The number of hydrogen-bond donors (Lipinski definition) is 5. The first-order valence-electron chi connectivity index (χ1n) is 3.98. The van der Waals surface area contributed by atoms with E-state index in [0.29, 0.717) is 0 Å². The van der Waals surface area contributed by atoms with E-state index >= 15 is 0 Å². The van der Waals surface area contributed by atoms with Gasteiger partial charge in [0.1, 0.15) is 12.2 Å². The summed E-state index contributed by atoms with van der Waals surface area (Å²) in [6, 6.07) is 0. The zero-order valence-electron chi connectivity index (χ0n) is 8.07. The summed E-state index contributed by atoms with van der Waals surface area (Å²) in [5, 5.41) is 35.3. The molecule has 0 aromatic rings. The normalized spacial score (nSPS) is 19.1. The van der Waals surface area contributed by atoms with Gasteiger partial charge < -0.3 is 25.2 Å². The molecule has 0 saturated carbocycles. The van der Waals surface area contributed by atoms with Crippen LogP contribution in [-0.4, -0.2) is 70.1 Å². The third-order valence-electron chi connectivity index (χ3n) is 1.63. The maximum absolute atomic E-state index is 10.3. The van der Waals surface area contributed by atoms with Gasteiger partial charge in [0, 0.05) is 0 Å². The fraction of sp³-hybridized carbons (Fsp3) is 0.667. The number of hydrogen-bond acceptors (Lipinski definition) is 8. The van der Waals surface area contributed by atoms with Crippen LogP contribution in [0.1, 0.15) is 0 Å². The van der Waals surface area contributed by atoms with Crippen LogP contribution in [0.15, 0.2) is 0 Å². The van der Waals surface area contributed by atoms with Crippen molar-refractivity contribution in [3.63, 3.8) is 0 Å². The SMILES string of the molecule is O=CC(OS(=O)(=O)O)C(O)C(O)C(O)C(=O)O. The molecular formula is C6H10O10S. The Labute approximate surface area is 95.0 Å². The predicted octanol–water partition coefficient (Wildman–Crippen LogP) is -3.46. The lowest BCUT2D eigenvalue weighted by Crippen LogP contribution is -2.49. The monoisotopic (exact) mass is 274 g/mol. The zero-order valence-corrected chi connectivity index (χ0v) is 8.89. The summed E-state index contributed by atoms with van der Waals surface area (Å²) in [5.74, 6) is -1.91. The summed E-state index contributed by atoms with van der Waals surface area (Å²) in [5.41, 5.74) is 0. The second-order valence-corrected chi connectivity index (χ2v) is 3.94. The second kappa shape index (κ2) is 6.00. The molecule has 4 unspecified atom stereocenters. The molecule has 0 aliphatic rings. The van der Waals surface area contributed by atoms with Gasteiger partial charge in [0.05, 0.1) is 0 Å². The highest BCUT2D eigenvalue weighted by molar-refractivity contribution is 7.80. The van der Waals surface area contributed by atoms with Crippen molar-refractivity contribution >= 4 is 22.7 Å². The van der Waals surface area contributed by atoms with Gasteiger partial charge in [-0.05, 0) is 0 Å². The maximum atomic E-state index is 10.3. The molecule has 10 nitrogen and oxygen atoms in total. The van der Waals surface area contributed by atoms with E-state index < -0.39 is 40.8 Å². The van der Waals surface area contributed by atoms with Crippen LogP contribution in [0.3, 0.4) is 0 Å². The van der Waals surface area contributed by atoms with Crippen LogP contribution in [-0.2, 0) is 24.2 Å². The molecular weight excluding hydrogens is 264 g/mol. The van der Waals surface area contributed by atoms with Gasteiger partial charge in [0.25, 0.3) is 0 Å². The molecule has 0 amide bonds. The van der Waals surface area contributed by atoms with Gasteiger partial charge in [-0.2, -0.15) is 8.42 Å². The van der Waals surface area contributed by atoms with Gasteiger partial charge in [-0.25, -0.2) is 8.98 Å². The van der Waals surface area contributed by atoms with Crippen molar-refractivity contribution in [1.82, 2.24) is 0 Å². The number of aliphatic hydroxyl groups excluding tert-OH is 3. The minimum absolute atomic E-state index is 0.295. The average Bonchev–Trinajstić information content (AvgIpc) is 2.21. The Bertz CT molecular complexity index is 374. The first kappa shape index (κ1) is 15.9. The van der Waals surface area contributed by atoms with Crippen molar-refractivity contribution in [3.05, 3.63) is 0 Å². The van der Waals surface area contributed by atoms with E-state index in [1.54, 1.807) is 0 Å². The summed E-state index contributed by atoms with van der Waals surface area (Å²) in [6.45, 7) is 0. The summed E-state index contributed by atoms with van der Waals surface area (Å²) in [7, 11) is -5.09. The predicted molar refractivity (Wildman–Crippen MR) is 48.1 cm³/mol. The van der Waals surface area contributed by atoms with E-state index in [2.05, 4.69) is 4.18 Å². The third-order valence-corrected chi connectivity index (χ3v) is 2.10. The van der Waals surface area contributed by atoms with Crippen LogP contribution >= 0.6 is 0 Å². The third kappa shape index (κ3) is 5.16. The summed E-state index contributed by atoms with van der Waals surface area (Å²) >= 11 is 0. The van der Waals surface area contributed by atoms with Crippen molar-refractivity contribution in [1.29, 1.82) is 0 Å². The fourth-order valence-electron chi connectivity index (χ4n) is 0.828. The lowest BCUT2D eigenvalue weighted by atomic mass is 10.0. The van der Waals surface area contributed by atoms with Crippen LogP contribution in [0, 0.1) is 0 Å². The van der Waals surface area contributed by atoms with E-state index in [1.165, 1.54) is 0 Å². The van der Waals surface area contributed by atoms with Crippen LogP contribution in [0.25, 0.3) is 0 Å². The quantitative estimate of drug-likeness (QED) is 0.231. The average molecular weight is 274 g/mol. The lowest BCUT2D eigenvalue weighted by molar-refractivity contribution is -0.162. The molecule has 0 aromatic carbocycles. The molecule has 0 radical (unpaired) electrons. The molecule has 0 aliphatic heterocycles. The standard InChI is InChI=1S/C6H10O10S/c7-1-2(16-17(13,14)15)3(8)4(9)5(10)6(11)12/h1-5,8-10H,(H,11,12)(H,13,14,15). The molecule has 17 heavy (non-hydrogen) atoms. The Balaban J connectivity index is 4.81. The van der Waals surface area contributed by atoms with Crippen molar-refractivity contribution < 1.29 is 47.2 Å². The minimum Gasteiger partial charge on any atom is -0.479 e. The van der Waals surface area contributed by atoms with Gasteiger partial charge in [-0.1, -0.05) is 0 Å². The highest BCUT2D eigenvalue weighted by Gasteiger charge is 2.37. The first-order valence-corrected chi connectivity index (χ1v) is 5.34. The van der Waals surface area contributed by atoms with Crippen molar-refractivity contribution in [2.45, 2.75) is 24.4 Å². The molecule has 0 spiro atoms. The number of carboxylic acids is 1. The maximum Gasteiger partial charge on any atom is 0.398 e. The molecule has 0 rings (SSSR count). The van der Waals surface area contributed by atoms with Crippen LogP contribution in [0.5, 0.6) is 0 Å². The Morgan fingerprint density at radius 2 is 1.65 bits per heavy atom.